The van der Waals surface area contributed by atoms with Crippen LogP contribution < -0.4 is 5.32 Å². The third-order valence-corrected chi connectivity index (χ3v) is 4.97. The lowest BCUT2D eigenvalue weighted by Crippen LogP contribution is -2.46. The fraction of sp³-hybridized carbons (Fsp3) is 0.933. The number of amides is 1. The van der Waals surface area contributed by atoms with Crippen LogP contribution in [0.1, 0.15) is 54.9 Å². The number of hydrogen-bond donors (Lipinski definition) is 2. The highest BCUT2D eigenvalue weighted by Gasteiger charge is 2.41. The molecule has 0 aromatic rings. The Morgan fingerprint density at radius 3 is 2.00 bits per heavy atom. The van der Waals surface area contributed by atoms with Gasteiger partial charge in [-0.2, -0.15) is 0 Å². The van der Waals surface area contributed by atoms with Crippen LogP contribution in [0, 0.1) is 5.92 Å². The quantitative estimate of drug-likeness (QED) is 0.616. The summed E-state index contributed by atoms with van der Waals surface area (Å²) < 4.78 is 28.3. The molecule has 0 saturated heterocycles. The Balaban J connectivity index is 5.20. The van der Waals surface area contributed by atoms with Gasteiger partial charge in [-0.15, -0.1) is 0 Å². The van der Waals surface area contributed by atoms with Gasteiger partial charge < -0.3 is 24.2 Å². The summed E-state index contributed by atoms with van der Waals surface area (Å²) in [6, 6.07) is -0.797. The zero-order valence-electron chi connectivity index (χ0n) is 15.3. The van der Waals surface area contributed by atoms with Crippen LogP contribution in [0.3, 0.4) is 0 Å². The second-order valence-electron chi connectivity index (χ2n) is 6.67. The third-order valence-electron chi connectivity index (χ3n) is 2.73. The summed E-state index contributed by atoms with van der Waals surface area (Å²) in [4.78, 5) is 12.0. The fourth-order valence-electron chi connectivity index (χ4n) is 1.99. The molecule has 138 valence electrons. The van der Waals surface area contributed by atoms with E-state index < -0.39 is 31.2 Å². The van der Waals surface area contributed by atoms with E-state index in [9.17, 15) is 14.5 Å². The van der Waals surface area contributed by atoms with Gasteiger partial charge in [0.05, 0.1) is 19.3 Å². The number of nitrogens with one attached hydrogen (secondary N) is 1. The third kappa shape index (κ3) is 8.70. The summed E-state index contributed by atoms with van der Waals surface area (Å²) in [7, 11) is -3.74. The molecule has 0 aromatic carbocycles. The SMILES string of the molecule is CCOP(=O)(OCC)[C@@H](O)[C@H](CC(C)C)NC(=O)OC(C)(C)C. The van der Waals surface area contributed by atoms with Crippen molar-refractivity contribution in [3.05, 3.63) is 0 Å². The van der Waals surface area contributed by atoms with Crippen molar-refractivity contribution in [3.8, 4) is 0 Å². The van der Waals surface area contributed by atoms with Crippen molar-refractivity contribution in [1.82, 2.24) is 5.32 Å². The second kappa shape index (κ2) is 9.62. The number of aliphatic hydroxyl groups excluding tert-OH is 1. The molecular weight excluding hydrogens is 321 g/mol. The van der Waals surface area contributed by atoms with Crippen molar-refractivity contribution in [1.29, 1.82) is 0 Å². The molecule has 0 unspecified atom stereocenters. The van der Waals surface area contributed by atoms with Gasteiger partial charge in [0.25, 0.3) is 0 Å². The Kier molecular flexibility index (Phi) is 9.36. The molecule has 0 radical (unpaired) electrons. The Labute approximate surface area is 139 Å². The zero-order valence-corrected chi connectivity index (χ0v) is 16.2. The predicted octanol–water partition coefficient (Wildman–Crippen LogP) is 3.51. The van der Waals surface area contributed by atoms with Crippen molar-refractivity contribution in [2.45, 2.75) is 72.4 Å². The molecule has 2 N–H and O–H groups in total. The average molecular weight is 353 g/mol. The molecule has 0 bridgehead atoms. The van der Waals surface area contributed by atoms with Crippen molar-refractivity contribution in [3.63, 3.8) is 0 Å². The molecule has 1 amide bonds. The number of ether oxygens (including phenoxy) is 1. The molecule has 2 atom stereocenters. The Morgan fingerprint density at radius 1 is 1.17 bits per heavy atom. The summed E-state index contributed by atoms with van der Waals surface area (Å²) >= 11 is 0. The van der Waals surface area contributed by atoms with Crippen molar-refractivity contribution in [2.75, 3.05) is 13.2 Å². The summed E-state index contributed by atoms with van der Waals surface area (Å²) in [6.07, 6.45) is -0.272. The maximum atomic E-state index is 12.7. The molecule has 7 nitrogen and oxygen atoms in total. The monoisotopic (exact) mass is 353 g/mol. The molecule has 23 heavy (non-hydrogen) atoms. The molecule has 0 aliphatic carbocycles. The van der Waals surface area contributed by atoms with Gasteiger partial charge in [-0.3, -0.25) is 4.57 Å². The van der Waals surface area contributed by atoms with E-state index in [1.165, 1.54) is 0 Å². The Morgan fingerprint density at radius 2 is 1.65 bits per heavy atom. The van der Waals surface area contributed by atoms with Gasteiger partial charge in [-0.05, 0) is 47.0 Å². The lowest BCUT2D eigenvalue weighted by atomic mass is 10.0. The van der Waals surface area contributed by atoms with Crippen LogP contribution in [0.15, 0.2) is 0 Å². The van der Waals surface area contributed by atoms with Crippen LogP contribution in [0.5, 0.6) is 0 Å². The smallest absolute Gasteiger partial charge is 0.407 e. The first-order chi connectivity index (χ1) is 10.4. The number of carbonyl (C=O) groups excluding carboxylic acids is 1. The van der Waals surface area contributed by atoms with E-state index in [0.717, 1.165) is 0 Å². The van der Waals surface area contributed by atoms with Crippen LogP contribution >= 0.6 is 7.60 Å². The van der Waals surface area contributed by atoms with Crippen LogP contribution in [-0.4, -0.2) is 41.9 Å². The minimum atomic E-state index is -3.74. The van der Waals surface area contributed by atoms with E-state index in [0.29, 0.717) is 6.42 Å². The van der Waals surface area contributed by atoms with E-state index >= 15 is 0 Å². The molecule has 0 rings (SSSR count). The number of rotatable bonds is 9. The van der Waals surface area contributed by atoms with Gasteiger partial charge in [0.2, 0.25) is 0 Å². The van der Waals surface area contributed by atoms with E-state index in [4.69, 9.17) is 13.8 Å². The molecule has 0 saturated carbocycles. The molecule has 0 spiro atoms. The lowest BCUT2D eigenvalue weighted by molar-refractivity contribution is 0.0436. The first-order valence-corrected chi connectivity index (χ1v) is 9.62. The maximum absolute atomic E-state index is 12.7. The van der Waals surface area contributed by atoms with Gasteiger partial charge in [-0.25, -0.2) is 4.79 Å². The van der Waals surface area contributed by atoms with Gasteiger partial charge in [0.15, 0.2) is 5.85 Å². The van der Waals surface area contributed by atoms with Crippen LogP contribution in [0.4, 0.5) is 4.79 Å². The number of aliphatic hydroxyl groups is 1. The summed E-state index contributed by atoms with van der Waals surface area (Å²) in [6.45, 7) is 12.7. The number of carbonyl (C=O) groups is 1. The Bertz CT molecular complexity index is 397. The van der Waals surface area contributed by atoms with Crippen molar-refractivity contribution < 1.29 is 28.3 Å². The van der Waals surface area contributed by atoms with Crippen LogP contribution in [0.25, 0.3) is 0 Å². The van der Waals surface area contributed by atoms with E-state index in [1.54, 1.807) is 34.6 Å². The molecule has 0 aliphatic heterocycles. The normalized spacial score (nSPS) is 15.3. The average Bonchev–Trinajstić information content (AvgIpc) is 2.34. The van der Waals surface area contributed by atoms with Crippen LogP contribution in [0.2, 0.25) is 0 Å². The fourth-order valence-corrected chi connectivity index (χ4v) is 3.73. The maximum Gasteiger partial charge on any atom is 0.407 e. The first kappa shape index (κ1) is 22.4. The largest absolute Gasteiger partial charge is 0.444 e. The molecular formula is C15H32NO6P. The molecule has 0 aromatic heterocycles. The minimum Gasteiger partial charge on any atom is -0.444 e. The number of alkyl carbamates (subject to hydrolysis) is 1. The topological polar surface area (TPSA) is 94.1 Å². The standard InChI is InChI=1S/C15H32NO6P/c1-8-20-23(19,21-9-2)13(17)12(10-11(3)4)16-14(18)22-15(5,6)7/h11-13,17H,8-10H2,1-7H3,(H,16,18)/t12-,13+/m0/s1. The molecule has 8 heteroatoms. The summed E-state index contributed by atoms with van der Waals surface area (Å²) in [5, 5.41) is 13.1. The number of hydrogen-bond acceptors (Lipinski definition) is 6. The lowest BCUT2D eigenvalue weighted by Gasteiger charge is -2.31. The summed E-state index contributed by atoms with van der Waals surface area (Å²) in [5.41, 5.74) is -0.666. The highest BCUT2D eigenvalue weighted by molar-refractivity contribution is 7.54. The summed E-state index contributed by atoms with van der Waals surface area (Å²) in [5.74, 6) is -1.31. The zero-order chi connectivity index (χ0) is 18.3. The predicted molar refractivity (Wildman–Crippen MR) is 89.5 cm³/mol. The van der Waals surface area contributed by atoms with Gasteiger partial charge in [0, 0.05) is 0 Å². The van der Waals surface area contributed by atoms with Gasteiger partial charge in [-0.1, -0.05) is 13.8 Å². The minimum absolute atomic E-state index is 0.134. The highest BCUT2D eigenvalue weighted by atomic mass is 31.2. The van der Waals surface area contributed by atoms with E-state index in [-0.39, 0.29) is 19.1 Å². The molecule has 0 heterocycles. The first-order valence-electron chi connectivity index (χ1n) is 8.01. The Hall–Kier alpha value is -0.620. The van der Waals surface area contributed by atoms with Crippen molar-refractivity contribution >= 4 is 13.7 Å². The molecule has 0 aliphatic rings. The molecule has 0 fully saturated rings. The van der Waals surface area contributed by atoms with Crippen molar-refractivity contribution in [2.24, 2.45) is 5.92 Å². The van der Waals surface area contributed by atoms with Gasteiger partial charge in [0.1, 0.15) is 5.60 Å². The highest BCUT2D eigenvalue weighted by Crippen LogP contribution is 2.53. The van der Waals surface area contributed by atoms with Gasteiger partial charge >= 0.3 is 13.7 Å². The second-order valence-corrected chi connectivity index (χ2v) is 8.80. The van der Waals surface area contributed by atoms with E-state index in [2.05, 4.69) is 5.32 Å². The van der Waals surface area contributed by atoms with E-state index in [1.807, 2.05) is 13.8 Å². The van der Waals surface area contributed by atoms with Crippen LogP contribution in [-0.2, 0) is 18.3 Å².